The van der Waals surface area contributed by atoms with Crippen molar-refractivity contribution in [3.05, 3.63) is 84.4 Å². The number of hydrogen-bond donors (Lipinski definition) is 1. The number of imidazole rings is 1. The van der Waals surface area contributed by atoms with Gasteiger partial charge >= 0.3 is 0 Å². The average molecular weight is 415 g/mol. The van der Waals surface area contributed by atoms with E-state index in [1.165, 1.54) is 0 Å². The van der Waals surface area contributed by atoms with Crippen LogP contribution in [0.2, 0.25) is 0 Å². The second-order valence-electron chi connectivity index (χ2n) is 7.18. The summed E-state index contributed by atoms with van der Waals surface area (Å²) >= 11 is 0. The van der Waals surface area contributed by atoms with Crippen LogP contribution in [0.4, 0.5) is 5.82 Å². The second-order valence-corrected chi connectivity index (χ2v) is 7.18. The maximum atomic E-state index is 5.60. The molecule has 0 radical (unpaired) electrons. The van der Waals surface area contributed by atoms with E-state index in [9.17, 15) is 0 Å². The third-order valence-electron chi connectivity index (χ3n) is 4.99. The molecule has 2 aromatic carbocycles. The molecule has 31 heavy (non-hydrogen) atoms. The lowest BCUT2D eigenvalue weighted by molar-refractivity contribution is 0.186. The first-order chi connectivity index (χ1) is 15.2. The van der Waals surface area contributed by atoms with Gasteiger partial charge in [-0.25, -0.2) is 4.98 Å². The van der Waals surface area contributed by atoms with Crippen LogP contribution in [0, 0.1) is 6.92 Å². The number of hydrogen-bond acceptors (Lipinski definition) is 6. The van der Waals surface area contributed by atoms with E-state index in [4.69, 9.17) is 9.47 Å². The first-order valence-electron chi connectivity index (χ1n) is 10.0. The highest BCUT2D eigenvalue weighted by atomic mass is 16.5. The van der Waals surface area contributed by atoms with Crippen molar-refractivity contribution >= 4 is 5.82 Å². The largest absolute Gasteiger partial charge is 0.495 e. The minimum absolute atomic E-state index is 0.00985. The average Bonchev–Trinajstić information content (AvgIpc) is 3.25. The Morgan fingerprint density at radius 2 is 1.84 bits per heavy atom. The molecule has 7 nitrogen and oxygen atoms in total. The van der Waals surface area contributed by atoms with Crippen molar-refractivity contribution < 1.29 is 9.47 Å². The summed E-state index contributed by atoms with van der Waals surface area (Å²) in [6.07, 6.45) is 3.73. The van der Waals surface area contributed by atoms with Crippen LogP contribution in [0.15, 0.2) is 73.2 Å². The Kier molecular flexibility index (Phi) is 6.24. The minimum atomic E-state index is -0.00985. The van der Waals surface area contributed by atoms with Crippen molar-refractivity contribution in [3.63, 3.8) is 0 Å². The van der Waals surface area contributed by atoms with E-state index in [2.05, 4.69) is 32.6 Å². The summed E-state index contributed by atoms with van der Waals surface area (Å²) in [5.74, 6) is 1.43. The van der Waals surface area contributed by atoms with Crippen LogP contribution >= 0.6 is 0 Å². The quantitative estimate of drug-likeness (QED) is 0.458. The van der Waals surface area contributed by atoms with Gasteiger partial charge in [-0.1, -0.05) is 36.4 Å². The molecule has 7 heteroatoms. The molecule has 0 bridgehead atoms. The summed E-state index contributed by atoms with van der Waals surface area (Å²) in [6.45, 7) is 2.48. The number of ether oxygens (including phenoxy) is 2. The number of benzene rings is 2. The van der Waals surface area contributed by atoms with Crippen molar-refractivity contribution in [2.75, 3.05) is 26.1 Å². The first kappa shape index (κ1) is 20.6. The van der Waals surface area contributed by atoms with E-state index in [0.717, 1.165) is 34.0 Å². The van der Waals surface area contributed by atoms with Crippen LogP contribution in [0.5, 0.6) is 5.75 Å². The standard InChI is InChI=1S/C24H25N5O2/c1-17-14-29(16-25-17)22-11-9-19(13-23(22)31-3)20-10-12-24(28-27-20)26-21(15-30-2)18-7-5-4-6-8-18/h4-14,16,21H,15H2,1-3H3,(H,26,28)/t21-/m0/s1. The predicted molar refractivity (Wildman–Crippen MR) is 121 cm³/mol. The molecule has 0 saturated carbocycles. The van der Waals surface area contributed by atoms with Gasteiger partial charge in [0.1, 0.15) is 11.6 Å². The number of methoxy groups -OCH3 is 2. The highest BCUT2D eigenvalue weighted by Gasteiger charge is 2.13. The van der Waals surface area contributed by atoms with Gasteiger partial charge in [-0.2, -0.15) is 0 Å². The molecule has 2 aromatic heterocycles. The number of aromatic nitrogens is 4. The highest BCUT2D eigenvalue weighted by molar-refractivity contribution is 5.65. The van der Waals surface area contributed by atoms with Gasteiger partial charge in [0.25, 0.3) is 0 Å². The summed E-state index contributed by atoms with van der Waals surface area (Å²) < 4.78 is 12.9. The number of rotatable bonds is 8. The van der Waals surface area contributed by atoms with Crippen molar-refractivity contribution in [2.45, 2.75) is 13.0 Å². The molecule has 0 amide bonds. The monoisotopic (exact) mass is 415 g/mol. The summed E-state index contributed by atoms with van der Waals surface area (Å²) in [5.41, 5.74) is 4.68. The lowest BCUT2D eigenvalue weighted by Crippen LogP contribution is -2.17. The Labute approximate surface area is 181 Å². The lowest BCUT2D eigenvalue weighted by Gasteiger charge is -2.18. The zero-order chi connectivity index (χ0) is 21.6. The third kappa shape index (κ3) is 4.73. The summed E-state index contributed by atoms with van der Waals surface area (Å²) in [7, 11) is 3.35. The van der Waals surface area contributed by atoms with Crippen molar-refractivity contribution in [2.24, 2.45) is 0 Å². The molecule has 4 rings (SSSR count). The molecule has 1 N–H and O–H groups in total. The molecular formula is C24H25N5O2. The zero-order valence-electron chi connectivity index (χ0n) is 17.8. The summed E-state index contributed by atoms with van der Waals surface area (Å²) in [6, 6.07) is 20.0. The maximum absolute atomic E-state index is 5.60. The van der Waals surface area contributed by atoms with Crippen molar-refractivity contribution in [1.82, 2.24) is 19.7 Å². The molecule has 0 unspecified atom stereocenters. The van der Waals surface area contributed by atoms with Crippen LogP contribution < -0.4 is 10.1 Å². The number of nitrogens with one attached hydrogen (secondary N) is 1. The Morgan fingerprint density at radius 3 is 2.48 bits per heavy atom. The summed E-state index contributed by atoms with van der Waals surface area (Å²) in [4.78, 5) is 4.29. The van der Waals surface area contributed by atoms with E-state index in [-0.39, 0.29) is 6.04 Å². The van der Waals surface area contributed by atoms with Crippen LogP contribution in [0.1, 0.15) is 17.3 Å². The molecule has 0 aliphatic carbocycles. The van der Waals surface area contributed by atoms with Gasteiger partial charge in [-0.3, -0.25) is 0 Å². The Hall–Kier alpha value is -3.71. The van der Waals surface area contributed by atoms with Gasteiger partial charge < -0.3 is 19.4 Å². The first-order valence-corrected chi connectivity index (χ1v) is 10.0. The fraction of sp³-hybridized carbons (Fsp3) is 0.208. The molecular weight excluding hydrogens is 390 g/mol. The second kappa shape index (κ2) is 9.40. The molecule has 1 atom stereocenters. The van der Waals surface area contributed by atoms with Crippen molar-refractivity contribution in [3.8, 4) is 22.7 Å². The fourth-order valence-corrected chi connectivity index (χ4v) is 3.42. The van der Waals surface area contributed by atoms with Gasteiger partial charge in [0.05, 0.1) is 43.2 Å². The topological polar surface area (TPSA) is 74.1 Å². The number of nitrogens with zero attached hydrogens (tertiary/aromatic N) is 4. The van der Waals surface area contributed by atoms with Gasteiger partial charge in [0.15, 0.2) is 0 Å². The predicted octanol–water partition coefficient (Wildman–Crippen LogP) is 4.45. The van der Waals surface area contributed by atoms with E-state index < -0.39 is 0 Å². The van der Waals surface area contributed by atoms with Gasteiger partial charge in [-0.05, 0) is 36.8 Å². The lowest BCUT2D eigenvalue weighted by atomic mass is 10.1. The van der Waals surface area contributed by atoms with E-state index in [1.54, 1.807) is 20.5 Å². The molecule has 0 fully saturated rings. The molecule has 0 saturated heterocycles. The van der Waals surface area contributed by atoms with Crippen molar-refractivity contribution in [1.29, 1.82) is 0 Å². The molecule has 158 valence electrons. The normalized spacial score (nSPS) is 11.8. The molecule has 2 heterocycles. The van der Waals surface area contributed by atoms with Crippen LogP contribution in [0.3, 0.4) is 0 Å². The highest BCUT2D eigenvalue weighted by Crippen LogP contribution is 2.29. The molecule has 4 aromatic rings. The van der Waals surface area contributed by atoms with Gasteiger partial charge in [-0.15, -0.1) is 10.2 Å². The van der Waals surface area contributed by atoms with Gasteiger partial charge in [0, 0.05) is 18.9 Å². The third-order valence-corrected chi connectivity index (χ3v) is 4.99. The molecule has 0 aliphatic heterocycles. The Morgan fingerprint density at radius 1 is 1.00 bits per heavy atom. The Balaban J connectivity index is 1.55. The fourth-order valence-electron chi connectivity index (χ4n) is 3.42. The van der Waals surface area contributed by atoms with E-state index in [1.807, 2.05) is 66.2 Å². The maximum Gasteiger partial charge on any atom is 0.149 e. The van der Waals surface area contributed by atoms with Crippen LogP contribution in [0.25, 0.3) is 16.9 Å². The summed E-state index contributed by atoms with van der Waals surface area (Å²) in [5, 5.41) is 12.2. The molecule has 0 aliphatic rings. The van der Waals surface area contributed by atoms with Crippen LogP contribution in [-0.4, -0.2) is 40.6 Å². The number of aryl methyl sites for hydroxylation is 1. The smallest absolute Gasteiger partial charge is 0.149 e. The Bertz CT molecular complexity index is 1130. The van der Waals surface area contributed by atoms with Crippen LogP contribution in [-0.2, 0) is 4.74 Å². The van der Waals surface area contributed by atoms with E-state index >= 15 is 0 Å². The zero-order valence-corrected chi connectivity index (χ0v) is 17.8. The van der Waals surface area contributed by atoms with E-state index in [0.29, 0.717) is 12.4 Å². The SMILES string of the molecule is COC[C@H](Nc1ccc(-c2ccc(-n3cnc(C)c3)c(OC)c2)nn1)c1ccccc1. The minimum Gasteiger partial charge on any atom is -0.495 e. The number of anilines is 1. The van der Waals surface area contributed by atoms with Gasteiger partial charge in [0.2, 0.25) is 0 Å². The molecule has 0 spiro atoms.